The van der Waals surface area contributed by atoms with Crippen molar-refractivity contribution in [1.82, 2.24) is 14.7 Å². The molecule has 0 fully saturated rings. The summed E-state index contributed by atoms with van der Waals surface area (Å²) in [6.07, 6.45) is 1.76. The van der Waals surface area contributed by atoms with Crippen LogP contribution in [0.4, 0.5) is 0 Å². The molecule has 122 valence electrons. The number of carboxylic acid groups (broad SMARTS) is 1. The Labute approximate surface area is 140 Å². The number of aliphatic carboxylic acids is 1. The summed E-state index contributed by atoms with van der Waals surface area (Å²) in [6, 6.07) is 7.79. The van der Waals surface area contributed by atoms with Crippen molar-refractivity contribution < 1.29 is 9.90 Å². The number of rotatable bonds is 5. The van der Waals surface area contributed by atoms with Gasteiger partial charge in [-0.2, -0.15) is 5.10 Å². The molecule has 1 aromatic heterocycles. The fourth-order valence-corrected chi connectivity index (χ4v) is 3.15. The lowest BCUT2D eigenvalue weighted by atomic mass is 10.0. The van der Waals surface area contributed by atoms with E-state index in [0.29, 0.717) is 6.54 Å². The second-order valence-corrected chi connectivity index (χ2v) is 6.47. The molecular weight excluding hydrogens is 314 g/mol. The normalized spacial score (nSPS) is 14.7. The van der Waals surface area contributed by atoms with Crippen LogP contribution in [0.25, 0.3) is 0 Å². The van der Waals surface area contributed by atoms with Gasteiger partial charge in [-0.3, -0.25) is 9.48 Å². The third-order valence-electron chi connectivity index (χ3n) is 4.23. The van der Waals surface area contributed by atoms with Crippen LogP contribution in [0.2, 0.25) is 5.02 Å². The van der Waals surface area contributed by atoms with Gasteiger partial charge in [0, 0.05) is 42.2 Å². The number of hydrogen-bond acceptors (Lipinski definition) is 3. The molecular formula is C17H20ClN3O2. The van der Waals surface area contributed by atoms with Crippen LogP contribution in [0.5, 0.6) is 0 Å². The zero-order valence-electron chi connectivity index (χ0n) is 13.1. The maximum Gasteiger partial charge on any atom is 0.305 e. The van der Waals surface area contributed by atoms with E-state index >= 15 is 0 Å². The summed E-state index contributed by atoms with van der Waals surface area (Å²) in [6.45, 7) is 2.28. The van der Waals surface area contributed by atoms with Gasteiger partial charge in [-0.25, -0.2) is 0 Å². The van der Waals surface area contributed by atoms with Crippen LogP contribution in [0, 0.1) is 0 Å². The van der Waals surface area contributed by atoms with Crippen LogP contribution in [-0.2, 0) is 30.7 Å². The molecule has 0 amide bonds. The number of likely N-dealkylation sites (N-methyl/N-ethyl adjacent to an activating group) is 1. The average molecular weight is 334 g/mol. The molecule has 0 bridgehead atoms. The van der Waals surface area contributed by atoms with E-state index < -0.39 is 5.97 Å². The third-order valence-corrected chi connectivity index (χ3v) is 4.48. The van der Waals surface area contributed by atoms with E-state index in [4.69, 9.17) is 21.8 Å². The average Bonchev–Trinajstić information content (AvgIpc) is 2.85. The molecule has 0 atom stereocenters. The van der Waals surface area contributed by atoms with Crippen LogP contribution < -0.4 is 0 Å². The van der Waals surface area contributed by atoms with Crippen molar-refractivity contribution in [2.75, 3.05) is 13.6 Å². The molecule has 0 unspecified atom stereocenters. The number of carbonyl (C=O) groups is 1. The lowest BCUT2D eigenvalue weighted by molar-refractivity contribution is -0.137. The monoisotopic (exact) mass is 333 g/mol. The van der Waals surface area contributed by atoms with Crippen molar-refractivity contribution in [3.63, 3.8) is 0 Å². The molecule has 2 aromatic rings. The van der Waals surface area contributed by atoms with Crippen molar-refractivity contribution in [3.05, 3.63) is 51.8 Å². The molecule has 0 radical (unpaired) electrons. The van der Waals surface area contributed by atoms with Gasteiger partial charge in [0.1, 0.15) is 0 Å². The minimum absolute atomic E-state index is 0.102. The molecule has 1 aromatic carbocycles. The van der Waals surface area contributed by atoms with E-state index in [2.05, 4.69) is 11.9 Å². The molecule has 0 saturated heterocycles. The maximum absolute atomic E-state index is 10.9. The number of carboxylic acids is 1. The predicted octanol–water partition coefficient (Wildman–Crippen LogP) is 2.59. The fraction of sp³-hybridized carbons (Fsp3) is 0.412. The second kappa shape index (κ2) is 6.72. The first-order valence-electron chi connectivity index (χ1n) is 7.75. The number of nitrogens with zero attached hydrogens (tertiary/aromatic N) is 3. The number of aromatic nitrogens is 2. The molecule has 6 heteroatoms. The third kappa shape index (κ3) is 3.74. The zero-order valence-corrected chi connectivity index (χ0v) is 13.9. The molecule has 2 heterocycles. The Bertz CT molecular complexity index is 709. The molecule has 0 spiro atoms. The Morgan fingerprint density at radius 2 is 2.09 bits per heavy atom. The minimum Gasteiger partial charge on any atom is -0.481 e. The highest BCUT2D eigenvalue weighted by molar-refractivity contribution is 6.30. The van der Waals surface area contributed by atoms with Gasteiger partial charge in [0.15, 0.2) is 0 Å². The summed E-state index contributed by atoms with van der Waals surface area (Å²) in [5.74, 6) is -0.790. The SMILES string of the molecule is CN1CCc2c(c(Cc3ccc(Cl)cc3)nn2CCC(=O)O)C1. The second-order valence-electron chi connectivity index (χ2n) is 6.03. The van der Waals surface area contributed by atoms with E-state index in [1.165, 1.54) is 11.3 Å². The van der Waals surface area contributed by atoms with Crippen molar-refractivity contribution in [3.8, 4) is 0 Å². The van der Waals surface area contributed by atoms with E-state index in [9.17, 15) is 4.79 Å². The van der Waals surface area contributed by atoms with Crippen LogP contribution >= 0.6 is 11.6 Å². The summed E-state index contributed by atoms with van der Waals surface area (Å²) in [5, 5.41) is 14.4. The predicted molar refractivity (Wildman–Crippen MR) is 88.8 cm³/mol. The first-order chi connectivity index (χ1) is 11.0. The first kappa shape index (κ1) is 16.0. The molecule has 5 nitrogen and oxygen atoms in total. The van der Waals surface area contributed by atoms with Gasteiger partial charge in [-0.1, -0.05) is 23.7 Å². The summed E-state index contributed by atoms with van der Waals surface area (Å²) < 4.78 is 1.89. The number of aryl methyl sites for hydroxylation is 1. The van der Waals surface area contributed by atoms with Gasteiger partial charge in [0.25, 0.3) is 0 Å². The van der Waals surface area contributed by atoms with E-state index in [1.807, 2.05) is 28.9 Å². The number of halogens is 1. The Kier molecular flexibility index (Phi) is 4.68. The van der Waals surface area contributed by atoms with Gasteiger partial charge in [0.2, 0.25) is 0 Å². The van der Waals surface area contributed by atoms with Crippen molar-refractivity contribution in [2.45, 2.75) is 32.4 Å². The van der Waals surface area contributed by atoms with Gasteiger partial charge in [-0.15, -0.1) is 0 Å². The zero-order chi connectivity index (χ0) is 16.4. The highest BCUT2D eigenvalue weighted by atomic mass is 35.5. The molecule has 0 aliphatic carbocycles. The van der Waals surface area contributed by atoms with Crippen LogP contribution in [0.3, 0.4) is 0 Å². The highest BCUT2D eigenvalue weighted by Gasteiger charge is 2.23. The number of hydrogen-bond donors (Lipinski definition) is 1. The summed E-state index contributed by atoms with van der Waals surface area (Å²) in [4.78, 5) is 13.1. The van der Waals surface area contributed by atoms with Gasteiger partial charge in [-0.05, 0) is 24.7 Å². The smallest absolute Gasteiger partial charge is 0.305 e. The van der Waals surface area contributed by atoms with E-state index in [0.717, 1.165) is 42.2 Å². The van der Waals surface area contributed by atoms with Crippen molar-refractivity contribution in [2.24, 2.45) is 0 Å². The first-order valence-corrected chi connectivity index (χ1v) is 8.13. The van der Waals surface area contributed by atoms with Crippen molar-refractivity contribution >= 4 is 17.6 Å². The molecule has 1 N–H and O–H groups in total. The molecule has 3 rings (SSSR count). The summed E-state index contributed by atoms with van der Waals surface area (Å²) in [7, 11) is 2.10. The van der Waals surface area contributed by atoms with Crippen molar-refractivity contribution in [1.29, 1.82) is 0 Å². The molecule has 1 aliphatic rings. The summed E-state index contributed by atoms with van der Waals surface area (Å²) in [5.41, 5.74) is 4.64. The quantitative estimate of drug-likeness (QED) is 0.913. The highest BCUT2D eigenvalue weighted by Crippen LogP contribution is 2.24. The number of benzene rings is 1. The molecule has 23 heavy (non-hydrogen) atoms. The Hall–Kier alpha value is -1.85. The van der Waals surface area contributed by atoms with E-state index in [-0.39, 0.29) is 6.42 Å². The Balaban J connectivity index is 1.89. The standard InChI is InChI=1S/C17H20ClN3O2/c1-20-8-6-16-14(11-20)15(19-21(16)9-7-17(22)23)10-12-2-4-13(18)5-3-12/h2-5H,6-11H2,1H3,(H,22,23). The van der Waals surface area contributed by atoms with Gasteiger partial charge in [0.05, 0.1) is 18.7 Å². The largest absolute Gasteiger partial charge is 0.481 e. The minimum atomic E-state index is -0.790. The van der Waals surface area contributed by atoms with Crippen LogP contribution in [0.15, 0.2) is 24.3 Å². The van der Waals surface area contributed by atoms with Gasteiger partial charge >= 0.3 is 5.97 Å². The van der Waals surface area contributed by atoms with Crippen LogP contribution in [0.1, 0.15) is 28.9 Å². The molecule has 0 saturated carbocycles. The van der Waals surface area contributed by atoms with E-state index in [1.54, 1.807) is 0 Å². The topological polar surface area (TPSA) is 58.4 Å². The van der Waals surface area contributed by atoms with Crippen LogP contribution in [-0.4, -0.2) is 39.3 Å². The Morgan fingerprint density at radius 3 is 2.78 bits per heavy atom. The molecule has 1 aliphatic heterocycles. The Morgan fingerprint density at radius 1 is 1.35 bits per heavy atom. The fourth-order valence-electron chi connectivity index (χ4n) is 3.02. The lowest BCUT2D eigenvalue weighted by Gasteiger charge is -2.23. The number of fused-ring (bicyclic) bond motifs is 1. The lowest BCUT2D eigenvalue weighted by Crippen LogP contribution is -2.28. The maximum atomic E-state index is 10.9. The van der Waals surface area contributed by atoms with Gasteiger partial charge < -0.3 is 10.0 Å². The summed E-state index contributed by atoms with van der Waals surface area (Å²) >= 11 is 5.94.